The smallest absolute Gasteiger partial charge is 0.148 e. The number of nitrogens with zero attached hydrogens (tertiary/aromatic N) is 2. The number of nitrogens with one attached hydrogen (secondary N) is 2. The van der Waals surface area contributed by atoms with Crippen molar-refractivity contribution in [2.24, 2.45) is 11.8 Å². The maximum absolute atomic E-state index is 5.46. The Morgan fingerprint density at radius 2 is 2.00 bits per heavy atom. The summed E-state index contributed by atoms with van der Waals surface area (Å²) in [7, 11) is 0. The Balaban J connectivity index is 2.75. The lowest BCUT2D eigenvalue weighted by Crippen LogP contribution is -2.15. The van der Waals surface area contributed by atoms with Gasteiger partial charge in [-0.3, -0.25) is 0 Å². The maximum atomic E-state index is 5.46. The van der Waals surface area contributed by atoms with Crippen LogP contribution in [-0.4, -0.2) is 16.5 Å². The zero-order valence-electron chi connectivity index (χ0n) is 11.0. The highest BCUT2D eigenvalue weighted by atomic mass is 15.3. The van der Waals surface area contributed by atoms with Gasteiger partial charge in [-0.15, -0.1) is 0 Å². The Bertz CT molecular complexity index is 338. The summed E-state index contributed by atoms with van der Waals surface area (Å²) in [4.78, 5) is 8.42. The summed E-state index contributed by atoms with van der Waals surface area (Å²) < 4.78 is 0. The molecule has 0 spiro atoms. The van der Waals surface area contributed by atoms with Crippen molar-refractivity contribution in [1.29, 1.82) is 0 Å². The third kappa shape index (κ3) is 4.19. The number of nitrogen functional groups attached to an aromatic ring is 1. The molecule has 0 unspecified atom stereocenters. The molecule has 0 aliphatic rings. The minimum atomic E-state index is 0.686. The molecule has 0 atom stereocenters. The van der Waals surface area contributed by atoms with Crippen LogP contribution in [0.4, 0.5) is 11.6 Å². The molecule has 4 N–H and O–H groups in total. The molecule has 1 rings (SSSR count). The molecule has 0 fully saturated rings. The molecule has 5 nitrogen and oxygen atoms in total. The zero-order valence-corrected chi connectivity index (χ0v) is 11.0. The first-order valence-corrected chi connectivity index (χ1v) is 6.23. The minimum Gasteiger partial charge on any atom is -0.370 e. The van der Waals surface area contributed by atoms with Gasteiger partial charge in [-0.25, -0.2) is 15.8 Å². The highest BCUT2D eigenvalue weighted by molar-refractivity contribution is 5.56. The zero-order chi connectivity index (χ0) is 12.7. The van der Waals surface area contributed by atoms with Gasteiger partial charge in [0.05, 0.1) is 0 Å². The number of rotatable bonds is 7. The number of hydrogen-bond donors (Lipinski definition) is 3. The first-order valence-electron chi connectivity index (χ1n) is 6.23. The van der Waals surface area contributed by atoms with Gasteiger partial charge in [0.25, 0.3) is 0 Å². The SMILES string of the molecule is CCCc1c(NN)ncnc1NCCC(C)C. The molecule has 0 aromatic carbocycles. The lowest BCUT2D eigenvalue weighted by atomic mass is 10.1. The fourth-order valence-corrected chi connectivity index (χ4v) is 1.66. The van der Waals surface area contributed by atoms with E-state index in [2.05, 4.69) is 41.5 Å². The van der Waals surface area contributed by atoms with Gasteiger partial charge in [-0.1, -0.05) is 27.2 Å². The van der Waals surface area contributed by atoms with Gasteiger partial charge in [-0.2, -0.15) is 0 Å². The molecule has 1 heterocycles. The van der Waals surface area contributed by atoms with E-state index in [-0.39, 0.29) is 0 Å². The highest BCUT2D eigenvalue weighted by Gasteiger charge is 2.09. The molecule has 0 aliphatic carbocycles. The van der Waals surface area contributed by atoms with Crippen molar-refractivity contribution in [3.63, 3.8) is 0 Å². The van der Waals surface area contributed by atoms with Crippen molar-refractivity contribution in [3.05, 3.63) is 11.9 Å². The van der Waals surface area contributed by atoms with Gasteiger partial charge in [0.15, 0.2) is 0 Å². The summed E-state index contributed by atoms with van der Waals surface area (Å²) >= 11 is 0. The van der Waals surface area contributed by atoms with E-state index in [0.29, 0.717) is 11.7 Å². The third-order valence-corrected chi connectivity index (χ3v) is 2.60. The molecule has 1 aromatic heterocycles. The lowest BCUT2D eigenvalue weighted by molar-refractivity contribution is 0.606. The molecule has 0 radical (unpaired) electrons. The van der Waals surface area contributed by atoms with Crippen molar-refractivity contribution in [1.82, 2.24) is 9.97 Å². The molecular formula is C12H23N5. The molecule has 17 heavy (non-hydrogen) atoms. The van der Waals surface area contributed by atoms with E-state index in [1.807, 2.05) is 0 Å². The quantitative estimate of drug-likeness (QED) is 0.500. The topological polar surface area (TPSA) is 75.9 Å². The van der Waals surface area contributed by atoms with Crippen molar-refractivity contribution < 1.29 is 0 Å². The predicted octanol–water partition coefficient (Wildman–Crippen LogP) is 2.17. The van der Waals surface area contributed by atoms with Crippen LogP contribution in [0.2, 0.25) is 0 Å². The van der Waals surface area contributed by atoms with E-state index in [9.17, 15) is 0 Å². The molecule has 0 amide bonds. The van der Waals surface area contributed by atoms with Gasteiger partial charge in [-0.05, 0) is 18.8 Å². The average Bonchev–Trinajstić information content (AvgIpc) is 2.30. The van der Waals surface area contributed by atoms with Gasteiger partial charge in [0.1, 0.15) is 18.0 Å². The molecule has 0 saturated carbocycles. The Morgan fingerprint density at radius 1 is 1.29 bits per heavy atom. The number of hydrazine groups is 1. The predicted molar refractivity (Wildman–Crippen MR) is 71.8 cm³/mol. The molecule has 0 aliphatic heterocycles. The number of hydrogen-bond acceptors (Lipinski definition) is 5. The van der Waals surface area contributed by atoms with Crippen LogP contribution < -0.4 is 16.6 Å². The Kier molecular flexibility index (Phi) is 5.69. The fraction of sp³-hybridized carbons (Fsp3) is 0.667. The Hall–Kier alpha value is -1.36. The summed E-state index contributed by atoms with van der Waals surface area (Å²) in [5.74, 6) is 7.76. The molecule has 0 saturated heterocycles. The van der Waals surface area contributed by atoms with E-state index in [0.717, 1.165) is 37.2 Å². The molecular weight excluding hydrogens is 214 g/mol. The summed E-state index contributed by atoms with van der Waals surface area (Å²) in [6.07, 6.45) is 4.62. The van der Waals surface area contributed by atoms with Crippen LogP contribution in [0.5, 0.6) is 0 Å². The Morgan fingerprint density at radius 3 is 2.59 bits per heavy atom. The van der Waals surface area contributed by atoms with Gasteiger partial charge < -0.3 is 10.7 Å². The van der Waals surface area contributed by atoms with E-state index in [1.165, 1.54) is 6.33 Å². The number of nitrogens with two attached hydrogens (primary N) is 1. The van der Waals surface area contributed by atoms with E-state index >= 15 is 0 Å². The van der Waals surface area contributed by atoms with Crippen molar-refractivity contribution in [3.8, 4) is 0 Å². The number of aromatic nitrogens is 2. The van der Waals surface area contributed by atoms with Crippen LogP contribution in [-0.2, 0) is 6.42 Å². The summed E-state index contributed by atoms with van der Waals surface area (Å²) in [5, 5.41) is 3.36. The fourth-order valence-electron chi connectivity index (χ4n) is 1.66. The van der Waals surface area contributed by atoms with Crippen molar-refractivity contribution in [2.75, 3.05) is 17.3 Å². The first-order chi connectivity index (χ1) is 8.19. The standard InChI is InChI=1S/C12H23N5/c1-4-5-10-11(14-7-6-9(2)3)15-8-16-12(10)17-13/h8-9H,4-7,13H2,1-3H3,(H2,14,15,16,17). The van der Waals surface area contributed by atoms with Crippen LogP contribution in [0, 0.1) is 5.92 Å². The van der Waals surface area contributed by atoms with Gasteiger partial charge in [0.2, 0.25) is 0 Å². The second-order valence-corrected chi connectivity index (χ2v) is 4.55. The summed E-state index contributed by atoms with van der Waals surface area (Å²) in [6, 6.07) is 0. The van der Waals surface area contributed by atoms with Crippen molar-refractivity contribution in [2.45, 2.75) is 40.0 Å². The van der Waals surface area contributed by atoms with Crippen LogP contribution >= 0.6 is 0 Å². The van der Waals surface area contributed by atoms with Gasteiger partial charge in [0, 0.05) is 12.1 Å². The van der Waals surface area contributed by atoms with E-state index in [4.69, 9.17) is 5.84 Å². The normalized spacial score (nSPS) is 10.6. The third-order valence-electron chi connectivity index (χ3n) is 2.60. The van der Waals surface area contributed by atoms with Crippen LogP contribution in [0.3, 0.4) is 0 Å². The molecule has 96 valence electrons. The van der Waals surface area contributed by atoms with Gasteiger partial charge >= 0.3 is 0 Å². The van der Waals surface area contributed by atoms with Crippen LogP contribution in [0.1, 0.15) is 39.2 Å². The number of anilines is 2. The summed E-state index contributed by atoms with van der Waals surface area (Å²) in [5.41, 5.74) is 3.70. The highest BCUT2D eigenvalue weighted by Crippen LogP contribution is 2.20. The largest absolute Gasteiger partial charge is 0.370 e. The summed E-state index contributed by atoms with van der Waals surface area (Å²) in [6.45, 7) is 7.48. The minimum absolute atomic E-state index is 0.686. The maximum Gasteiger partial charge on any atom is 0.148 e. The monoisotopic (exact) mass is 237 g/mol. The Labute approximate surface area is 103 Å². The molecule has 5 heteroatoms. The lowest BCUT2D eigenvalue weighted by Gasteiger charge is -2.14. The second-order valence-electron chi connectivity index (χ2n) is 4.55. The first kappa shape index (κ1) is 13.7. The van der Waals surface area contributed by atoms with Crippen molar-refractivity contribution >= 4 is 11.6 Å². The molecule has 1 aromatic rings. The molecule has 0 bridgehead atoms. The van der Waals surface area contributed by atoms with E-state index < -0.39 is 0 Å². The average molecular weight is 237 g/mol. The van der Waals surface area contributed by atoms with Crippen LogP contribution in [0.25, 0.3) is 0 Å². The van der Waals surface area contributed by atoms with E-state index in [1.54, 1.807) is 0 Å². The second kappa shape index (κ2) is 7.06. The van der Waals surface area contributed by atoms with Crippen LogP contribution in [0.15, 0.2) is 6.33 Å².